The Balaban J connectivity index is 1.89. The smallest absolute Gasteiger partial charge is 0.338 e. The van der Waals surface area contributed by atoms with E-state index in [1.807, 2.05) is 6.92 Å². The maximum atomic E-state index is 14.4. The fourth-order valence-corrected chi connectivity index (χ4v) is 5.13. The predicted molar refractivity (Wildman–Crippen MR) is 136 cm³/mol. The molecule has 1 aliphatic rings. The number of carbonyl (C=O) groups is 1. The highest BCUT2D eigenvalue weighted by Gasteiger charge is 2.33. The fourth-order valence-electron chi connectivity index (χ4n) is 3.89. The number of esters is 1. The molecular formula is C26H24ClFN2O5S. The van der Waals surface area contributed by atoms with Gasteiger partial charge in [-0.05, 0) is 49.8 Å². The second kappa shape index (κ2) is 11.2. The average molecular weight is 531 g/mol. The van der Waals surface area contributed by atoms with Crippen molar-refractivity contribution in [2.24, 2.45) is 4.99 Å². The number of benzene rings is 2. The molecule has 0 amide bonds. The Morgan fingerprint density at radius 2 is 1.97 bits per heavy atom. The van der Waals surface area contributed by atoms with Crippen LogP contribution in [0.2, 0.25) is 5.02 Å². The Kier molecular flexibility index (Phi) is 8.03. The van der Waals surface area contributed by atoms with Crippen molar-refractivity contribution in [3.8, 4) is 5.75 Å². The number of allylic oxidation sites excluding steroid dienone is 1. The quantitative estimate of drug-likeness (QED) is 0.328. The molecular weight excluding hydrogens is 507 g/mol. The van der Waals surface area contributed by atoms with Gasteiger partial charge < -0.3 is 14.2 Å². The maximum Gasteiger partial charge on any atom is 0.338 e. The summed E-state index contributed by atoms with van der Waals surface area (Å²) in [5.41, 5.74) is 1.01. The van der Waals surface area contributed by atoms with E-state index in [0.29, 0.717) is 28.4 Å². The van der Waals surface area contributed by atoms with Gasteiger partial charge in [0.2, 0.25) is 0 Å². The van der Waals surface area contributed by atoms with Gasteiger partial charge in [0.1, 0.15) is 18.2 Å². The van der Waals surface area contributed by atoms with Crippen LogP contribution in [0.3, 0.4) is 0 Å². The summed E-state index contributed by atoms with van der Waals surface area (Å²) in [6.45, 7) is 4.37. The van der Waals surface area contributed by atoms with Gasteiger partial charge >= 0.3 is 5.97 Å². The van der Waals surface area contributed by atoms with Crippen LogP contribution >= 0.6 is 22.9 Å². The van der Waals surface area contributed by atoms with Crippen molar-refractivity contribution < 1.29 is 23.4 Å². The van der Waals surface area contributed by atoms with Crippen molar-refractivity contribution in [3.05, 3.63) is 95.4 Å². The summed E-state index contributed by atoms with van der Waals surface area (Å²) in [6.07, 6.45) is 1.41. The molecule has 7 nitrogen and oxygen atoms in total. The van der Waals surface area contributed by atoms with E-state index in [9.17, 15) is 14.0 Å². The van der Waals surface area contributed by atoms with Gasteiger partial charge in [-0.25, -0.2) is 14.2 Å². The first-order valence-corrected chi connectivity index (χ1v) is 12.4. The van der Waals surface area contributed by atoms with Gasteiger partial charge in [0.05, 0.1) is 40.1 Å². The number of ether oxygens (including phenoxy) is 3. The molecule has 0 N–H and O–H groups in total. The third-order valence-electron chi connectivity index (χ3n) is 5.54. The summed E-state index contributed by atoms with van der Waals surface area (Å²) in [5.74, 6) is -0.485. The molecule has 0 aliphatic carbocycles. The highest BCUT2D eigenvalue weighted by Crippen LogP contribution is 2.31. The van der Waals surface area contributed by atoms with E-state index in [-0.39, 0.29) is 33.9 Å². The zero-order valence-corrected chi connectivity index (χ0v) is 21.5. The van der Waals surface area contributed by atoms with Crippen LogP contribution < -0.4 is 19.6 Å². The maximum absolute atomic E-state index is 14.4. The molecule has 0 saturated carbocycles. The Morgan fingerprint density at radius 3 is 2.64 bits per heavy atom. The second-order valence-corrected chi connectivity index (χ2v) is 9.26. The lowest BCUT2D eigenvalue weighted by Crippen LogP contribution is -2.40. The van der Waals surface area contributed by atoms with E-state index in [4.69, 9.17) is 25.8 Å². The number of nitrogens with zero attached hydrogens (tertiary/aromatic N) is 2. The molecule has 0 bridgehead atoms. The number of hydrogen-bond donors (Lipinski definition) is 0. The Labute approximate surface area is 215 Å². The molecule has 4 rings (SSSR count). The summed E-state index contributed by atoms with van der Waals surface area (Å²) >= 11 is 7.28. The highest BCUT2D eigenvalue weighted by molar-refractivity contribution is 7.07. The molecule has 2 heterocycles. The number of carbonyl (C=O) groups excluding carboxylic acids is 1. The molecule has 0 fully saturated rings. The van der Waals surface area contributed by atoms with Gasteiger partial charge in [-0.3, -0.25) is 9.36 Å². The number of rotatable bonds is 8. The minimum atomic E-state index is -0.801. The molecule has 2 aromatic carbocycles. The summed E-state index contributed by atoms with van der Waals surface area (Å²) in [7, 11) is 1.51. The van der Waals surface area contributed by atoms with Gasteiger partial charge in [0.25, 0.3) is 5.56 Å². The summed E-state index contributed by atoms with van der Waals surface area (Å²) in [4.78, 5) is 31.7. The zero-order valence-electron chi connectivity index (χ0n) is 19.9. The molecule has 1 atom stereocenters. The Bertz CT molecular complexity index is 1470. The molecule has 0 spiro atoms. The zero-order chi connectivity index (χ0) is 25.8. The third-order valence-corrected chi connectivity index (χ3v) is 6.86. The van der Waals surface area contributed by atoms with Crippen LogP contribution in [-0.2, 0) is 14.3 Å². The number of halogens is 2. The molecule has 1 unspecified atom stereocenters. The predicted octanol–water partition coefficient (Wildman–Crippen LogP) is 3.62. The van der Waals surface area contributed by atoms with E-state index in [2.05, 4.69) is 4.99 Å². The fraction of sp³-hybridized carbons (Fsp3) is 0.269. The summed E-state index contributed by atoms with van der Waals surface area (Å²) in [6, 6.07) is 10.7. The number of aromatic nitrogens is 1. The van der Waals surface area contributed by atoms with Crippen molar-refractivity contribution >= 4 is 35.0 Å². The van der Waals surface area contributed by atoms with Gasteiger partial charge in [0.15, 0.2) is 4.80 Å². The number of hydrogen-bond acceptors (Lipinski definition) is 7. The highest BCUT2D eigenvalue weighted by atomic mass is 35.5. The molecule has 0 radical (unpaired) electrons. The largest absolute Gasteiger partial charge is 0.494 e. The lowest BCUT2D eigenvalue weighted by Gasteiger charge is -2.25. The van der Waals surface area contributed by atoms with Crippen molar-refractivity contribution in [2.45, 2.75) is 19.9 Å². The second-order valence-electron chi connectivity index (χ2n) is 7.85. The first-order valence-electron chi connectivity index (χ1n) is 11.2. The minimum absolute atomic E-state index is 0.0539. The van der Waals surface area contributed by atoms with Crippen molar-refractivity contribution in [2.75, 3.05) is 26.9 Å². The van der Waals surface area contributed by atoms with Crippen LogP contribution in [0.5, 0.6) is 5.75 Å². The molecule has 10 heteroatoms. The Morgan fingerprint density at radius 1 is 1.22 bits per heavy atom. The van der Waals surface area contributed by atoms with Gasteiger partial charge in [0, 0.05) is 12.7 Å². The van der Waals surface area contributed by atoms with E-state index in [1.54, 1.807) is 37.3 Å². The van der Waals surface area contributed by atoms with Crippen LogP contribution in [0.4, 0.5) is 4.39 Å². The molecule has 1 aromatic heterocycles. The first kappa shape index (κ1) is 25.8. The van der Waals surface area contributed by atoms with Gasteiger partial charge in [-0.2, -0.15) is 0 Å². The van der Waals surface area contributed by atoms with Crippen LogP contribution in [-0.4, -0.2) is 37.5 Å². The van der Waals surface area contributed by atoms with Crippen LogP contribution in [0.1, 0.15) is 31.0 Å². The number of thiazole rings is 1. The SMILES string of the molecule is CCOc1ccc(C2C(C(=O)OCCOC)=C(C)N=c3sc(=Cc4c(F)cccc4Cl)c(=O)n32)cc1. The topological polar surface area (TPSA) is 79.1 Å². The standard InChI is InChI=1S/C26H24ClFN2O5S/c1-4-34-17-10-8-16(9-11-17)23-22(25(32)35-13-12-33-3)15(2)29-26-30(23)24(31)21(36-26)14-18-19(27)6-5-7-20(18)28/h5-11,14,23H,4,12-13H2,1-3H3. The monoisotopic (exact) mass is 530 g/mol. The lowest BCUT2D eigenvalue weighted by molar-refractivity contribution is -0.140. The molecule has 0 saturated heterocycles. The van der Waals surface area contributed by atoms with Gasteiger partial charge in [-0.15, -0.1) is 0 Å². The summed E-state index contributed by atoms with van der Waals surface area (Å²) < 4.78 is 32.0. The Hall–Kier alpha value is -3.27. The van der Waals surface area contributed by atoms with Crippen LogP contribution in [0.15, 0.2) is 63.5 Å². The number of fused-ring (bicyclic) bond motifs is 1. The summed E-state index contributed by atoms with van der Waals surface area (Å²) in [5, 5.41) is 0.183. The van der Waals surface area contributed by atoms with Crippen molar-refractivity contribution in [1.29, 1.82) is 0 Å². The normalized spacial score (nSPS) is 15.5. The van der Waals surface area contributed by atoms with E-state index >= 15 is 0 Å². The lowest BCUT2D eigenvalue weighted by atomic mass is 9.96. The first-order chi connectivity index (χ1) is 17.3. The van der Waals surface area contributed by atoms with Crippen LogP contribution in [0, 0.1) is 5.82 Å². The number of methoxy groups -OCH3 is 1. The molecule has 36 heavy (non-hydrogen) atoms. The van der Waals surface area contributed by atoms with E-state index in [1.165, 1.54) is 29.9 Å². The molecule has 3 aromatic rings. The third kappa shape index (κ3) is 5.13. The van der Waals surface area contributed by atoms with Crippen molar-refractivity contribution in [1.82, 2.24) is 4.57 Å². The van der Waals surface area contributed by atoms with E-state index < -0.39 is 23.4 Å². The van der Waals surface area contributed by atoms with Crippen molar-refractivity contribution in [3.63, 3.8) is 0 Å². The van der Waals surface area contributed by atoms with E-state index in [0.717, 1.165) is 11.3 Å². The van der Waals surface area contributed by atoms with Crippen LogP contribution in [0.25, 0.3) is 6.08 Å². The molecule has 1 aliphatic heterocycles. The molecule has 188 valence electrons. The minimum Gasteiger partial charge on any atom is -0.494 e. The van der Waals surface area contributed by atoms with Gasteiger partial charge in [-0.1, -0.05) is 41.1 Å². The average Bonchev–Trinajstić information content (AvgIpc) is 3.16.